The minimum Gasteiger partial charge on any atom is -0.379 e. The molecule has 1 aromatic carbocycles. The van der Waals surface area contributed by atoms with Crippen molar-refractivity contribution in [2.24, 2.45) is 0 Å². The topological polar surface area (TPSA) is 71.2 Å². The molecule has 0 radical (unpaired) electrons. The number of hydrogen-bond acceptors (Lipinski definition) is 5. The van der Waals surface area contributed by atoms with Crippen LogP contribution in [0.15, 0.2) is 21.1 Å². The van der Waals surface area contributed by atoms with Crippen LogP contribution in [0, 0.1) is 13.8 Å². The van der Waals surface area contributed by atoms with E-state index in [4.69, 9.17) is 4.52 Å². The molecule has 2 heterocycles. The van der Waals surface area contributed by atoms with Gasteiger partial charge >= 0.3 is 0 Å². The molecule has 1 aliphatic heterocycles. The van der Waals surface area contributed by atoms with Gasteiger partial charge < -0.3 is 14.9 Å². The summed E-state index contributed by atoms with van der Waals surface area (Å²) in [5.41, 5.74) is 2.09. The Labute approximate surface area is 131 Å². The number of aliphatic hydroxyl groups is 1. The summed E-state index contributed by atoms with van der Waals surface area (Å²) in [6.45, 7) is 5.42. The van der Waals surface area contributed by atoms with E-state index < -0.39 is 5.60 Å². The van der Waals surface area contributed by atoms with Gasteiger partial charge in [-0.2, -0.15) is 4.98 Å². The minimum atomic E-state index is -1.05. The van der Waals surface area contributed by atoms with Gasteiger partial charge in [-0.25, -0.2) is 0 Å². The van der Waals surface area contributed by atoms with E-state index in [0.717, 1.165) is 34.1 Å². The normalized spacial score (nSPS) is 22.5. The van der Waals surface area contributed by atoms with E-state index in [9.17, 15) is 5.11 Å². The Kier molecular flexibility index (Phi) is 3.86. The first-order valence-electron chi connectivity index (χ1n) is 7.04. The Morgan fingerprint density at radius 1 is 1.33 bits per heavy atom. The lowest BCUT2D eigenvalue weighted by atomic mass is 9.94. The number of benzene rings is 1. The van der Waals surface area contributed by atoms with Gasteiger partial charge in [-0.15, -0.1) is 0 Å². The number of hydrogen-bond donors (Lipinski definition) is 2. The van der Waals surface area contributed by atoms with Crippen molar-refractivity contribution in [3.63, 3.8) is 0 Å². The van der Waals surface area contributed by atoms with Crippen LogP contribution >= 0.6 is 15.9 Å². The fourth-order valence-corrected chi connectivity index (χ4v) is 2.91. The van der Waals surface area contributed by atoms with Crippen molar-refractivity contribution in [3.8, 4) is 11.4 Å². The average molecular weight is 352 g/mol. The highest BCUT2D eigenvalue weighted by Gasteiger charge is 2.37. The Bertz CT molecular complexity index is 640. The van der Waals surface area contributed by atoms with E-state index in [0.29, 0.717) is 24.7 Å². The number of halogens is 1. The van der Waals surface area contributed by atoms with Crippen LogP contribution < -0.4 is 5.32 Å². The maximum absolute atomic E-state index is 10.6. The number of aromatic nitrogens is 2. The molecule has 3 rings (SSSR count). The Morgan fingerprint density at radius 2 is 2.05 bits per heavy atom. The van der Waals surface area contributed by atoms with Crippen molar-refractivity contribution in [2.45, 2.75) is 32.3 Å². The molecule has 1 atom stereocenters. The van der Waals surface area contributed by atoms with Crippen LogP contribution in [-0.2, 0) is 5.60 Å². The molecule has 1 unspecified atom stereocenters. The molecule has 1 aromatic heterocycles. The van der Waals surface area contributed by atoms with Crippen LogP contribution in [0.3, 0.4) is 0 Å². The van der Waals surface area contributed by atoms with Gasteiger partial charge in [-0.05, 0) is 56.5 Å². The monoisotopic (exact) mass is 351 g/mol. The van der Waals surface area contributed by atoms with Crippen LogP contribution in [0.4, 0.5) is 0 Å². The molecule has 6 heteroatoms. The molecule has 21 heavy (non-hydrogen) atoms. The minimum absolute atomic E-state index is 0.294. The van der Waals surface area contributed by atoms with Crippen LogP contribution in [0.2, 0.25) is 0 Å². The molecule has 0 saturated carbocycles. The highest BCUT2D eigenvalue weighted by molar-refractivity contribution is 9.10. The molecule has 2 N–H and O–H groups in total. The molecule has 1 aliphatic rings. The number of aryl methyl sites for hydroxylation is 2. The van der Waals surface area contributed by atoms with Crippen molar-refractivity contribution in [1.82, 2.24) is 15.5 Å². The first-order chi connectivity index (χ1) is 9.99. The van der Waals surface area contributed by atoms with Gasteiger partial charge in [0, 0.05) is 16.6 Å². The maximum atomic E-state index is 10.6. The van der Waals surface area contributed by atoms with Crippen molar-refractivity contribution in [3.05, 3.63) is 33.6 Å². The molecule has 0 aliphatic carbocycles. The van der Waals surface area contributed by atoms with Crippen molar-refractivity contribution in [2.75, 3.05) is 13.1 Å². The number of rotatable bonds is 2. The maximum Gasteiger partial charge on any atom is 0.260 e. The second kappa shape index (κ2) is 5.51. The van der Waals surface area contributed by atoms with Gasteiger partial charge in [0.25, 0.3) is 5.89 Å². The number of nitrogens with zero attached hydrogens (tertiary/aromatic N) is 2. The van der Waals surface area contributed by atoms with Gasteiger partial charge in [0.2, 0.25) is 5.82 Å². The lowest BCUT2D eigenvalue weighted by Crippen LogP contribution is -2.43. The van der Waals surface area contributed by atoms with Gasteiger partial charge in [-0.1, -0.05) is 21.1 Å². The molecule has 1 saturated heterocycles. The highest BCUT2D eigenvalue weighted by atomic mass is 79.9. The predicted octanol–water partition coefficient (Wildman–Crippen LogP) is 2.69. The van der Waals surface area contributed by atoms with Crippen LogP contribution in [-0.4, -0.2) is 28.3 Å². The standard InChI is InChI=1S/C15H18BrN3O2/c1-9-6-11(7-10(2)12(9)16)13-18-14(21-19-13)15(20)4-3-5-17-8-15/h6-7,17,20H,3-5,8H2,1-2H3. The van der Waals surface area contributed by atoms with E-state index in [2.05, 4.69) is 31.4 Å². The number of piperidine rings is 1. The van der Waals surface area contributed by atoms with E-state index in [1.54, 1.807) is 0 Å². The average Bonchev–Trinajstić information content (AvgIpc) is 2.95. The lowest BCUT2D eigenvalue weighted by Gasteiger charge is -2.28. The highest BCUT2D eigenvalue weighted by Crippen LogP contribution is 2.31. The fraction of sp³-hybridized carbons (Fsp3) is 0.467. The van der Waals surface area contributed by atoms with E-state index in [1.807, 2.05) is 26.0 Å². The second-order valence-corrected chi connectivity index (χ2v) is 6.45. The molecule has 5 nitrogen and oxygen atoms in total. The summed E-state index contributed by atoms with van der Waals surface area (Å²) < 4.78 is 6.40. The summed E-state index contributed by atoms with van der Waals surface area (Å²) in [6.07, 6.45) is 1.53. The quantitative estimate of drug-likeness (QED) is 0.870. The van der Waals surface area contributed by atoms with Crippen LogP contribution in [0.1, 0.15) is 29.9 Å². The van der Waals surface area contributed by atoms with E-state index in [-0.39, 0.29) is 0 Å². The Hall–Kier alpha value is -1.24. The summed E-state index contributed by atoms with van der Waals surface area (Å²) in [5.74, 6) is 0.811. The largest absolute Gasteiger partial charge is 0.379 e. The first kappa shape index (κ1) is 14.7. The molecular weight excluding hydrogens is 334 g/mol. The summed E-state index contributed by atoms with van der Waals surface area (Å²) >= 11 is 3.55. The van der Waals surface area contributed by atoms with E-state index in [1.165, 1.54) is 0 Å². The zero-order chi connectivity index (χ0) is 15.0. The number of nitrogens with one attached hydrogen (secondary N) is 1. The third-order valence-electron chi connectivity index (χ3n) is 3.88. The zero-order valence-electron chi connectivity index (χ0n) is 12.1. The zero-order valence-corrected chi connectivity index (χ0v) is 13.7. The second-order valence-electron chi connectivity index (χ2n) is 5.66. The molecule has 0 amide bonds. The van der Waals surface area contributed by atoms with Gasteiger partial charge in [-0.3, -0.25) is 0 Å². The molecule has 2 aromatic rings. The third kappa shape index (κ3) is 2.75. The summed E-state index contributed by atoms with van der Waals surface area (Å²) in [5, 5.41) is 17.8. The Balaban J connectivity index is 1.95. The fourth-order valence-electron chi connectivity index (χ4n) is 2.68. The van der Waals surface area contributed by atoms with Gasteiger partial charge in [0.05, 0.1) is 0 Å². The molecule has 1 fully saturated rings. The van der Waals surface area contributed by atoms with Crippen molar-refractivity contribution >= 4 is 15.9 Å². The van der Waals surface area contributed by atoms with Crippen molar-refractivity contribution in [1.29, 1.82) is 0 Å². The summed E-state index contributed by atoms with van der Waals surface area (Å²) in [4.78, 5) is 4.40. The smallest absolute Gasteiger partial charge is 0.260 e. The summed E-state index contributed by atoms with van der Waals surface area (Å²) in [6, 6.07) is 4.02. The van der Waals surface area contributed by atoms with Crippen LogP contribution in [0.5, 0.6) is 0 Å². The first-order valence-corrected chi connectivity index (χ1v) is 7.83. The summed E-state index contributed by atoms with van der Waals surface area (Å²) in [7, 11) is 0. The van der Waals surface area contributed by atoms with Gasteiger partial charge in [0.1, 0.15) is 0 Å². The number of β-amino-alcohol motifs (C(OH)–C–C–N with tert-alkyl or cyclic N) is 1. The van der Waals surface area contributed by atoms with Crippen LogP contribution in [0.25, 0.3) is 11.4 Å². The van der Waals surface area contributed by atoms with Crippen molar-refractivity contribution < 1.29 is 9.63 Å². The molecular formula is C15H18BrN3O2. The molecule has 0 spiro atoms. The van der Waals surface area contributed by atoms with Gasteiger partial charge in [0.15, 0.2) is 5.60 Å². The third-order valence-corrected chi connectivity index (χ3v) is 5.13. The Morgan fingerprint density at radius 3 is 2.67 bits per heavy atom. The lowest BCUT2D eigenvalue weighted by molar-refractivity contribution is -0.0167. The molecule has 112 valence electrons. The predicted molar refractivity (Wildman–Crippen MR) is 82.9 cm³/mol. The SMILES string of the molecule is Cc1cc(-c2noc(C3(O)CCCNC3)n2)cc(C)c1Br. The molecule has 0 bridgehead atoms. The van der Waals surface area contributed by atoms with E-state index >= 15 is 0 Å².